The summed E-state index contributed by atoms with van der Waals surface area (Å²) < 4.78 is 1.83. The van der Waals surface area contributed by atoms with Gasteiger partial charge in [-0.05, 0) is 13.8 Å². The molecule has 1 heterocycles. The van der Waals surface area contributed by atoms with E-state index in [4.69, 9.17) is 7.85 Å². The Morgan fingerprint density at radius 3 is 2.56 bits per heavy atom. The van der Waals surface area contributed by atoms with E-state index in [1.165, 1.54) is 0 Å². The maximum Gasteiger partial charge on any atom is 0.118 e. The molecule has 0 aliphatic rings. The third-order valence-electron chi connectivity index (χ3n) is 1.15. The highest BCUT2D eigenvalue weighted by molar-refractivity contribution is 6.31. The normalized spacial score (nSPS) is 10.6. The summed E-state index contributed by atoms with van der Waals surface area (Å²) in [5.74, 6) is 0. The molecular formula is C6H9BN2. The molecule has 2 radical (unpaired) electrons. The number of aromatic nitrogens is 2. The lowest BCUT2D eigenvalue weighted by atomic mass is 10.0. The fourth-order valence-corrected chi connectivity index (χ4v) is 0.635. The van der Waals surface area contributed by atoms with Crippen LogP contribution < -0.4 is 5.46 Å². The van der Waals surface area contributed by atoms with Crippen molar-refractivity contribution in [1.82, 2.24) is 9.78 Å². The van der Waals surface area contributed by atoms with Crippen molar-refractivity contribution in [2.45, 2.75) is 19.9 Å². The minimum atomic E-state index is 0.405. The van der Waals surface area contributed by atoms with E-state index in [1.807, 2.05) is 10.9 Å². The quantitative estimate of drug-likeness (QED) is 0.486. The first-order valence-corrected chi connectivity index (χ1v) is 3.00. The van der Waals surface area contributed by atoms with Crippen LogP contribution in [0.5, 0.6) is 0 Å². The smallest absolute Gasteiger partial charge is 0.118 e. The SMILES string of the molecule is [B]c1cnn(C(C)C)c1. The molecule has 1 aromatic heterocycles. The minimum absolute atomic E-state index is 0.405. The molecule has 0 bridgehead atoms. The molecule has 0 saturated heterocycles. The molecular weight excluding hydrogens is 111 g/mol. The van der Waals surface area contributed by atoms with Crippen LogP contribution in [0.2, 0.25) is 0 Å². The molecule has 0 saturated carbocycles. The number of nitrogens with zero attached hydrogens (tertiary/aromatic N) is 2. The number of hydrogen-bond donors (Lipinski definition) is 0. The van der Waals surface area contributed by atoms with Gasteiger partial charge in [0.25, 0.3) is 0 Å². The van der Waals surface area contributed by atoms with E-state index >= 15 is 0 Å². The Morgan fingerprint density at radius 2 is 2.33 bits per heavy atom. The van der Waals surface area contributed by atoms with E-state index in [0.29, 0.717) is 6.04 Å². The Kier molecular flexibility index (Phi) is 1.60. The zero-order valence-electron chi connectivity index (χ0n) is 5.70. The second-order valence-electron chi connectivity index (χ2n) is 2.35. The van der Waals surface area contributed by atoms with Gasteiger partial charge in [-0.3, -0.25) is 4.68 Å². The molecule has 0 fully saturated rings. The molecule has 0 unspecified atom stereocenters. The Labute approximate surface area is 56.3 Å². The van der Waals surface area contributed by atoms with Crippen LogP contribution >= 0.6 is 0 Å². The standard InChI is InChI=1S/C6H9BN2/c1-5(2)9-4-6(7)3-8-9/h3-5H,1-2H3. The third kappa shape index (κ3) is 1.34. The second-order valence-corrected chi connectivity index (χ2v) is 2.35. The third-order valence-corrected chi connectivity index (χ3v) is 1.15. The van der Waals surface area contributed by atoms with Crippen LogP contribution in [-0.4, -0.2) is 17.6 Å². The van der Waals surface area contributed by atoms with Gasteiger partial charge in [-0.15, -0.1) is 0 Å². The van der Waals surface area contributed by atoms with Crippen molar-refractivity contribution in [1.29, 1.82) is 0 Å². The highest BCUT2D eigenvalue weighted by Crippen LogP contribution is 1.97. The van der Waals surface area contributed by atoms with Crippen LogP contribution in [0.15, 0.2) is 12.4 Å². The van der Waals surface area contributed by atoms with Gasteiger partial charge in [0, 0.05) is 18.4 Å². The van der Waals surface area contributed by atoms with Gasteiger partial charge in [-0.1, -0.05) is 5.46 Å². The van der Waals surface area contributed by atoms with Crippen LogP contribution in [0.3, 0.4) is 0 Å². The van der Waals surface area contributed by atoms with Crippen LogP contribution in [0.25, 0.3) is 0 Å². The van der Waals surface area contributed by atoms with Crippen LogP contribution in [0.1, 0.15) is 19.9 Å². The van der Waals surface area contributed by atoms with Gasteiger partial charge in [-0.2, -0.15) is 5.10 Å². The van der Waals surface area contributed by atoms with Gasteiger partial charge in [0.1, 0.15) is 7.85 Å². The van der Waals surface area contributed by atoms with Gasteiger partial charge in [-0.25, -0.2) is 0 Å². The first-order chi connectivity index (χ1) is 4.20. The molecule has 0 aliphatic heterocycles. The van der Waals surface area contributed by atoms with Crippen molar-refractivity contribution in [3.63, 3.8) is 0 Å². The molecule has 0 aliphatic carbocycles. The van der Waals surface area contributed by atoms with Crippen molar-refractivity contribution < 1.29 is 0 Å². The fraction of sp³-hybridized carbons (Fsp3) is 0.500. The van der Waals surface area contributed by atoms with Gasteiger partial charge in [0.05, 0.1) is 0 Å². The van der Waals surface area contributed by atoms with E-state index in [2.05, 4.69) is 18.9 Å². The molecule has 1 rings (SSSR count). The minimum Gasteiger partial charge on any atom is -0.271 e. The van der Waals surface area contributed by atoms with E-state index in [0.717, 1.165) is 5.46 Å². The average Bonchev–Trinajstić information content (AvgIpc) is 2.14. The topological polar surface area (TPSA) is 17.8 Å². The first kappa shape index (κ1) is 6.40. The summed E-state index contributed by atoms with van der Waals surface area (Å²) >= 11 is 0. The summed E-state index contributed by atoms with van der Waals surface area (Å²) in [7, 11) is 5.43. The Balaban J connectivity index is 2.85. The Morgan fingerprint density at radius 1 is 1.67 bits per heavy atom. The Hall–Kier alpha value is -0.725. The predicted molar refractivity (Wildman–Crippen MR) is 38.0 cm³/mol. The van der Waals surface area contributed by atoms with Crippen molar-refractivity contribution in [3.05, 3.63) is 12.4 Å². The van der Waals surface area contributed by atoms with Gasteiger partial charge in [0.2, 0.25) is 0 Å². The second kappa shape index (κ2) is 2.25. The van der Waals surface area contributed by atoms with Crippen LogP contribution in [0.4, 0.5) is 0 Å². The van der Waals surface area contributed by atoms with Gasteiger partial charge >= 0.3 is 0 Å². The predicted octanol–water partition coefficient (Wildman–Crippen LogP) is 0.258. The average molecular weight is 120 g/mol. The van der Waals surface area contributed by atoms with Gasteiger partial charge < -0.3 is 0 Å². The molecule has 2 nitrogen and oxygen atoms in total. The van der Waals surface area contributed by atoms with E-state index in [1.54, 1.807) is 6.20 Å². The Bertz CT molecular complexity index is 193. The van der Waals surface area contributed by atoms with E-state index in [9.17, 15) is 0 Å². The highest BCUT2D eigenvalue weighted by atomic mass is 15.3. The summed E-state index contributed by atoms with van der Waals surface area (Å²) in [4.78, 5) is 0. The van der Waals surface area contributed by atoms with Crippen LogP contribution in [-0.2, 0) is 0 Å². The first-order valence-electron chi connectivity index (χ1n) is 3.00. The molecule has 9 heavy (non-hydrogen) atoms. The van der Waals surface area contributed by atoms with Gasteiger partial charge in [0.15, 0.2) is 0 Å². The lowest BCUT2D eigenvalue weighted by Gasteiger charge is -2.02. The molecule has 46 valence electrons. The summed E-state index contributed by atoms with van der Waals surface area (Å²) in [6, 6.07) is 0.405. The summed E-state index contributed by atoms with van der Waals surface area (Å²) in [5.41, 5.74) is 0.726. The maximum absolute atomic E-state index is 5.43. The highest BCUT2D eigenvalue weighted by Gasteiger charge is 1.95. The molecule has 0 spiro atoms. The maximum atomic E-state index is 5.43. The van der Waals surface area contributed by atoms with Crippen molar-refractivity contribution in [3.8, 4) is 0 Å². The van der Waals surface area contributed by atoms with Crippen molar-refractivity contribution in [2.24, 2.45) is 0 Å². The summed E-state index contributed by atoms with van der Waals surface area (Å²) in [6.45, 7) is 4.12. The number of rotatable bonds is 1. The largest absolute Gasteiger partial charge is 0.271 e. The number of hydrogen-bond acceptors (Lipinski definition) is 1. The molecule has 0 atom stereocenters. The monoisotopic (exact) mass is 120 g/mol. The molecule has 3 heteroatoms. The molecule has 0 N–H and O–H groups in total. The molecule has 1 aromatic rings. The molecule has 0 amide bonds. The van der Waals surface area contributed by atoms with E-state index < -0.39 is 0 Å². The summed E-state index contributed by atoms with van der Waals surface area (Å²) in [5, 5.41) is 4.01. The van der Waals surface area contributed by atoms with Crippen molar-refractivity contribution >= 4 is 13.3 Å². The van der Waals surface area contributed by atoms with E-state index in [-0.39, 0.29) is 0 Å². The lowest BCUT2D eigenvalue weighted by Crippen LogP contribution is -2.02. The summed E-state index contributed by atoms with van der Waals surface area (Å²) in [6.07, 6.45) is 3.48. The zero-order chi connectivity index (χ0) is 6.85. The molecule has 0 aromatic carbocycles. The van der Waals surface area contributed by atoms with Crippen LogP contribution in [0, 0.1) is 0 Å². The van der Waals surface area contributed by atoms with Crippen molar-refractivity contribution in [2.75, 3.05) is 0 Å². The fourth-order valence-electron chi connectivity index (χ4n) is 0.635. The lowest BCUT2D eigenvalue weighted by molar-refractivity contribution is 0.533. The zero-order valence-corrected chi connectivity index (χ0v) is 5.70.